The maximum atomic E-state index is 2.87. The molecule has 0 spiro atoms. The molecule has 0 amide bonds. The molecular weight excluding hydrogens is 603 g/mol. The smallest absolute Gasteiger partial charge is 0.00187 e. The van der Waals surface area contributed by atoms with Crippen molar-refractivity contribution < 1.29 is 0 Å². The SMILES string of the molecule is CCCCCCCCCCCCCN(CCCCCCCCCCCCCCCC(C)C)CCCCCCCCCCCCCCCC(C)C. The van der Waals surface area contributed by atoms with E-state index >= 15 is 0 Å². The van der Waals surface area contributed by atoms with Gasteiger partial charge in [-0.05, 0) is 50.7 Å². The average Bonchev–Trinajstić information content (AvgIpc) is 3.09. The Labute approximate surface area is 320 Å². The first-order valence-electron chi connectivity index (χ1n) is 24.3. The molecule has 0 atom stereocenters. The van der Waals surface area contributed by atoms with E-state index in [9.17, 15) is 0 Å². The van der Waals surface area contributed by atoms with E-state index in [1.54, 1.807) is 0 Å². The zero-order valence-electron chi connectivity index (χ0n) is 36.3. The predicted octanol–water partition coefficient (Wildman–Crippen LogP) is 17.8. The lowest BCUT2D eigenvalue weighted by atomic mass is 10.0. The van der Waals surface area contributed by atoms with Gasteiger partial charge in [0, 0.05) is 0 Å². The van der Waals surface area contributed by atoms with Crippen LogP contribution in [0.5, 0.6) is 0 Å². The molecule has 0 rings (SSSR count). The van der Waals surface area contributed by atoms with Crippen molar-refractivity contribution in [3.05, 3.63) is 0 Å². The molecule has 0 aliphatic rings. The summed E-state index contributed by atoms with van der Waals surface area (Å²) in [5.74, 6) is 1.78. The highest BCUT2D eigenvalue weighted by atomic mass is 15.1. The van der Waals surface area contributed by atoms with Gasteiger partial charge >= 0.3 is 0 Å². The second-order valence-corrected chi connectivity index (χ2v) is 17.9. The van der Waals surface area contributed by atoms with Gasteiger partial charge in [-0.25, -0.2) is 0 Å². The van der Waals surface area contributed by atoms with Gasteiger partial charge in [-0.1, -0.05) is 266 Å². The number of hydrogen-bond donors (Lipinski definition) is 0. The zero-order chi connectivity index (χ0) is 36.4. The molecule has 0 aromatic carbocycles. The topological polar surface area (TPSA) is 3.24 Å². The van der Waals surface area contributed by atoms with Gasteiger partial charge in [0.05, 0.1) is 0 Å². The van der Waals surface area contributed by atoms with Crippen LogP contribution >= 0.6 is 0 Å². The van der Waals surface area contributed by atoms with E-state index < -0.39 is 0 Å². The van der Waals surface area contributed by atoms with Gasteiger partial charge in [-0.15, -0.1) is 0 Å². The Morgan fingerprint density at radius 3 is 0.620 bits per heavy atom. The van der Waals surface area contributed by atoms with Crippen LogP contribution in [0.25, 0.3) is 0 Å². The zero-order valence-corrected chi connectivity index (χ0v) is 36.3. The molecule has 0 heterocycles. The van der Waals surface area contributed by atoms with Crippen molar-refractivity contribution >= 4 is 0 Å². The van der Waals surface area contributed by atoms with E-state index in [-0.39, 0.29) is 0 Å². The molecule has 302 valence electrons. The Balaban J connectivity index is 3.91. The molecule has 0 aliphatic carbocycles. The molecule has 0 saturated heterocycles. The minimum absolute atomic E-state index is 0.890. The van der Waals surface area contributed by atoms with Crippen LogP contribution in [0.15, 0.2) is 0 Å². The standard InChI is InChI=1S/C49H101N/c1-6-7-8-9-10-11-20-25-30-35-40-45-50(46-41-36-31-26-21-16-12-14-18-23-28-33-38-43-48(2)3)47-42-37-32-27-22-17-13-15-19-24-29-34-39-44-49(4)5/h48-49H,6-47H2,1-5H3. The highest BCUT2D eigenvalue weighted by Gasteiger charge is 2.06. The molecular formula is C49H101N. The van der Waals surface area contributed by atoms with Gasteiger partial charge in [0.15, 0.2) is 0 Å². The van der Waals surface area contributed by atoms with E-state index in [2.05, 4.69) is 39.5 Å². The number of hydrogen-bond acceptors (Lipinski definition) is 1. The second kappa shape index (κ2) is 43.4. The first kappa shape index (κ1) is 50.0. The van der Waals surface area contributed by atoms with Crippen molar-refractivity contribution in [1.29, 1.82) is 0 Å². The lowest BCUT2D eigenvalue weighted by molar-refractivity contribution is 0.254. The number of nitrogens with zero attached hydrogens (tertiary/aromatic N) is 1. The van der Waals surface area contributed by atoms with E-state index in [1.165, 1.54) is 270 Å². The van der Waals surface area contributed by atoms with E-state index in [4.69, 9.17) is 0 Å². The molecule has 50 heavy (non-hydrogen) atoms. The third-order valence-electron chi connectivity index (χ3n) is 11.6. The van der Waals surface area contributed by atoms with Crippen LogP contribution in [0, 0.1) is 11.8 Å². The molecule has 1 heteroatoms. The van der Waals surface area contributed by atoms with Gasteiger partial charge in [0.1, 0.15) is 0 Å². The van der Waals surface area contributed by atoms with Crippen LogP contribution in [0.2, 0.25) is 0 Å². The molecule has 0 aliphatic heterocycles. The molecule has 0 saturated carbocycles. The Morgan fingerprint density at radius 1 is 0.240 bits per heavy atom. The minimum Gasteiger partial charge on any atom is -0.303 e. The van der Waals surface area contributed by atoms with Crippen LogP contribution in [-0.2, 0) is 0 Å². The summed E-state index contributed by atoms with van der Waals surface area (Å²) in [5.41, 5.74) is 0. The lowest BCUT2D eigenvalue weighted by Crippen LogP contribution is -2.27. The van der Waals surface area contributed by atoms with Gasteiger partial charge < -0.3 is 4.90 Å². The van der Waals surface area contributed by atoms with Gasteiger partial charge in [0.25, 0.3) is 0 Å². The highest BCUT2D eigenvalue weighted by molar-refractivity contribution is 4.61. The van der Waals surface area contributed by atoms with Gasteiger partial charge in [-0.2, -0.15) is 0 Å². The summed E-state index contributed by atoms with van der Waals surface area (Å²) in [6.45, 7) is 15.9. The monoisotopic (exact) mass is 704 g/mol. The molecule has 0 radical (unpaired) electrons. The van der Waals surface area contributed by atoms with E-state index in [1.807, 2.05) is 0 Å². The average molecular weight is 704 g/mol. The first-order chi connectivity index (χ1) is 24.6. The molecule has 0 bridgehead atoms. The maximum Gasteiger partial charge on any atom is -0.00187 e. The second-order valence-electron chi connectivity index (χ2n) is 17.9. The molecule has 0 unspecified atom stereocenters. The van der Waals surface area contributed by atoms with Crippen LogP contribution in [0.1, 0.15) is 285 Å². The molecule has 0 aromatic rings. The third-order valence-corrected chi connectivity index (χ3v) is 11.6. The minimum atomic E-state index is 0.890. The van der Waals surface area contributed by atoms with Crippen molar-refractivity contribution in [2.24, 2.45) is 11.8 Å². The summed E-state index contributed by atoms with van der Waals surface area (Å²) in [6, 6.07) is 0. The Hall–Kier alpha value is -0.0400. The summed E-state index contributed by atoms with van der Waals surface area (Å²) in [6.07, 6.45) is 57.2. The summed E-state index contributed by atoms with van der Waals surface area (Å²) in [5, 5.41) is 0. The summed E-state index contributed by atoms with van der Waals surface area (Å²) >= 11 is 0. The molecule has 1 nitrogen and oxygen atoms in total. The Bertz CT molecular complexity index is 544. The fourth-order valence-electron chi connectivity index (χ4n) is 8.00. The largest absolute Gasteiger partial charge is 0.303 e. The number of rotatable bonds is 44. The van der Waals surface area contributed by atoms with E-state index in [0.29, 0.717) is 0 Å². The van der Waals surface area contributed by atoms with Crippen LogP contribution in [0.4, 0.5) is 0 Å². The summed E-state index contributed by atoms with van der Waals surface area (Å²) in [7, 11) is 0. The Kier molecular flexibility index (Phi) is 43.3. The predicted molar refractivity (Wildman–Crippen MR) is 232 cm³/mol. The van der Waals surface area contributed by atoms with Crippen LogP contribution in [0.3, 0.4) is 0 Å². The van der Waals surface area contributed by atoms with Gasteiger partial charge in [-0.3, -0.25) is 0 Å². The normalized spacial score (nSPS) is 12.0. The van der Waals surface area contributed by atoms with Crippen molar-refractivity contribution in [2.75, 3.05) is 19.6 Å². The first-order valence-corrected chi connectivity index (χ1v) is 24.3. The lowest BCUT2D eigenvalue weighted by Gasteiger charge is -2.22. The fourth-order valence-corrected chi connectivity index (χ4v) is 8.00. The molecule has 0 N–H and O–H groups in total. The quantitative estimate of drug-likeness (QED) is 0.0571. The fraction of sp³-hybridized carbons (Fsp3) is 1.00. The molecule has 0 aromatic heterocycles. The van der Waals surface area contributed by atoms with Crippen molar-refractivity contribution in [2.45, 2.75) is 285 Å². The number of unbranched alkanes of at least 4 members (excludes halogenated alkanes) is 34. The van der Waals surface area contributed by atoms with Crippen LogP contribution in [-0.4, -0.2) is 24.5 Å². The van der Waals surface area contributed by atoms with E-state index in [0.717, 1.165) is 11.8 Å². The van der Waals surface area contributed by atoms with Crippen molar-refractivity contribution in [3.63, 3.8) is 0 Å². The maximum absolute atomic E-state index is 2.87. The Morgan fingerprint density at radius 2 is 0.420 bits per heavy atom. The van der Waals surface area contributed by atoms with Crippen molar-refractivity contribution in [3.8, 4) is 0 Å². The highest BCUT2D eigenvalue weighted by Crippen LogP contribution is 2.17. The van der Waals surface area contributed by atoms with Crippen molar-refractivity contribution in [1.82, 2.24) is 4.90 Å². The van der Waals surface area contributed by atoms with Crippen LogP contribution < -0.4 is 0 Å². The summed E-state index contributed by atoms with van der Waals surface area (Å²) < 4.78 is 0. The molecule has 0 fully saturated rings. The summed E-state index contributed by atoms with van der Waals surface area (Å²) in [4.78, 5) is 2.87. The third kappa shape index (κ3) is 44.1. The van der Waals surface area contributed by atoms with Gasteiger partial charge in [0.2, 0.25) is 0 Å².